The van der Waals surface area contributed by atoms with Crippen LogP contribution in [-0.2, 0) is 17.8 Å². The molecule has 0 aliphatic carbocycles. The minimum absolute atomic E-state index is 0.0185. The largest absolute Gasteiger partial charge is 0.505 e. The maximum Gasteiger partial charge on any atom is 0.267 e. The summed E-state index contributed by atoms with van der Waals surface area (Å²) in [6.07, 6.45) is 4.63. The minimum atomic E-state index is -0.793. The third kappa shape index (κ3) is 6.62. The van der Waals surface area contributed by atoms with E-state index in [2.05, 4.69) is 10.3 Å². The summed E-state index contributed by atoms with van der Waals surface area (Å²) < 4.78 is 14.7. The molecule has 10 heteroatoms. The molecule has 9 nitrogen and oxygen atoms in total. The number of aromatic hydroxyl groups is 1. The van der Waals surface area contributed by atoms with E-state index in [0.717, 1.165) is 24.0 Å². The van der Waals surface area contributed by atoms with Gasteiger partial charge in [-0.15, -0.1) is 0 Å². The number of amides is 2. The summed E-state index contributed by atoms with van der Waals surface area (Å²) in [5.41, 5.74) is 0.823. The highest BCUT2D eigenvalue weighted by Gasteiger charge is 2.26. The molecule has 1 fully saturated rings. The summed E-state index contributed by atoms with van der Waals surface area (Å²) in [6.45, 7) is 4.56. The van der Waals surface area contributed by atoms with E-state index in [-0.39, 0.29) is 42.9 Å². The number of carbonyl (C=O) groups is 2. The Kier molecular flexibility index (Phi) is 8.96. The van der Waals surface area contributed by atoms with E-state index in [9.17, 15) is 29.0 Å². The van der Waals surface area contributed by atoms with E-state index in [4.69, 9.17) is 0 Å². The summed E-state index contributed by atoms with van der Waals surface area (Å²) in [5.74, 6) is -1.46. The number of hydrogen-bond donors (Lipinski definition) is 3. The second-order valence-corrected chi connectivity index (χ2v) is 10.5. The van der Waals surface area contributed by atoms with Crippen LogP contribution < -0.4 is 10.9 Å². The third-order valence-corrected chi connectivity index (χ3v) is 7.01. The SMILES string of the molecule is CC(C)C[C@H](CO)NC(=O)c1c(O)c2ncc(Cc3ccc(F)cc3)cc2n(CCN2CCCCC2=O)c1=O. The van der Waals surface area contributed by atoms with Gasteiger partial charge in [-0.3, -0.25) is 19.4 Å². The first kappa shape index (κ1) is 28.2. The lowest BCUT2D eigenvalue weighted by Gasteiger charge is -2.27. The summed E-state index contributed by atoms with van der Waals surface area (Å²) in [7, 11) is 0. The molecule has 0 spiro atoms. The third-order valence-electron chi connectivity index (χ3n) is 7.01. The van der Waals surface area contributed by atoms with Crippen LogP contribution >= 0.6 is 0 Å². The van der Waals surface area contributed by atoms with Gasteiger partial charge in [0.1, 0.15) is 16.9 Å². The number of piperidine rings is 1. The van der Waals surface area contributed by atoms with E-state index < -0.39 is 28.8 Å². The zero-order chi connectivity index (χ0) is 28.1. The molecule has 1 aliphatic rings. The second kappa shape index (κ2) is 12.4. The Morgan fingerprint density at radius 3 is 2.54 bits per heavy atom. The number of fused-ring (bicyclic) bond motifs is 1. The molecule has 2 amide bonds. The molecule has 0 saturated carbocycles. The van der Waals surface area contributed by atoms with Gasteiger partial charge in [-0.25, -0.2) is 4.39 Å². The van der Waals surface area contributed by atoms with Crippen LogP contribution in [0, 0.1) is 11.7 Å². The standard InChI is InChI=1S/C29H35FN4O5/c1-18(2)13-22(17-35)32-28(38)25-27(37)26-23(15-20(16-31-26)14-19-6-8-21(30)9-7-19)34(29(25)39)12-11-33-10-4-3-5-24(33)36/h6-9,15-16,18,22,35,37H,3-5,10-14,17H2,1-2H3,(H,32,38)/t22-/m1/s1. The van der Waals surface area contributed by atoms with Gasteiger partial charge in [0.15, 0.2) is 5.75 Å². The van der Waals surface area contributed by atoms with Crippen molar-refractivity contribution in [3.8, 4) is 5.75 Å². The quantitative estimate of drug-likeness (QED) is 0.365. The van der Waals surface area contributed by atoms with Gasteiger partial charge in [0, 0.05) is 32.3 Å². The predicted molar refractivity (Wildman–Crippen MR) is 145 cm³/mol. The Hall–Kier alpha value is -3.79. The maximum atomic E-state index is 13.7. The molecule has 1 aliphatic heterocycles. The van der Waals surface area contributed by atoms with Gasteiger partial charge in [-0.05, 0) is 60.9 Å². The number of halogens is 1. The molecule has 3 aromatic rings. The zero-order valence-electron chi connectivity index (χ0n) is 22.3. The van der Waals surface area contributed by atoms with Crippen LogP contribution in [0.25, 0.3) is 11.0 Å². The van der Waals surface area contributed by atoms with Gasteiger partial charge < -0.3 is 25.0 Å². The Morgan fingerprint density at radius 1 is 1.13 bits per heavy atom. The smallest absolute Gasteiger partial charge is 0.267 e. The number of aliphatic hydroxyl groups is 1. The average molecular weight is 539 g/mol. The van der Waals surface area contributed by atoms with Crippen molar-refractivity contribution in [3.05, 3.63) is 69.4 Å². The van der Waals surface area contributed by atoms with E-state index in [1.54, 1.807) is 29.3 Å². The molecule has 0 bridgehead atoms. The number of nitrogens with one attached hydrogen (secondary N) is 1. The molecule has 2 aromatic heterocycles. The predicted octanol–water partition coefficient (Wildman–Crippen LogP) is 2.98. The molecule has 208 valence electrons. The first-order valence-electron chi connectivity index (χ1n) is 13.4. The van der Waals surface area contributed by atoms with Gasteiger partial charge in [-0.2, -0.15) is 0 Å². The molecule has 1 saturated heterocycles. The van der Waals surface area contributed by atoms with Crippen molar-refractivity contribution < 1.29 is 24.2 Å². The van der Waals surface area contributed by atoms with Gasteiger partial charge >= 0.3 is 0 Å². The minimum Gasteiger partial charge on any atom is -0.505 e. The molecule has 39 heavy (non-hydrogen) atoms. The van der Waals surface area contributed by atoms with Crippen LogP contribution in [0.2, 0.25) is 0 Å². The Balaban J connectivity index is 1.75. The van der Waals surface area contributed by atoms with E-state index >= 15 is 0 Å². The second-order valence-electron chi connectivity index (χ2n) is 10.5. The summed E-state index contributed by atoms with van der Waals surface area (Å²) in [5, 5.41) is 23.4. The Morgan fingerprint density at radius 2 is 1.87 bits per heavy atom. The number of aliphatic hydroxyl groups excluding tert-OH is 1. The van der Waals surface area contributed by atoms with Gasteiger partial charge in [0.2, 0.25) is 5.91 Å². The van der Waals surface area contributed by atoms with Crippen molar-refractivity contribution in [2.75, 3.05) is 19.7 Å². The lowest BCUT2D eigenvalue weighted by Crippen LogP contribution is -2.43. The molecule has 3 N–H and O–H groups in total. The average Bonchev–Trinajstić information content (AvgIpc) is 2.90. The highest BCUT2D eigenvalue weighted by atomic mass is 19.1. The highest BCUT2D eigenvalue weighted by Crippen LogP contribution is 2.26. The number of rotatable bonds is 10. The number of benzene rings is 1. The van der Waals surface area contributed by atoms with Crippen LogP contribution in [0.1, 0.15) is 61.0 Å². The maximum absolute atomic E-state index is 13.7. The van der Waals surface area contributed by atoms with Crippen molar-refractivity contribution in [1.29, 1.82) is 0 Å². The van der Waals surface area contributed by atoms with E-state index in [0.29, 0.717) is 31.3 Å². The van der Waals surface area contributed by atoms with E-state index in [1.165, 1.54) is 16.7 Å². The van der Waals surface area contributed by atoms with Gasteiger partial charge in [0.25, 0.3) is 11.5 Å². The lowest BCUT2D eigenvalue weighted by molar-refractivity contribution is -0.133. The number of hydrogen-bond acceptors (Lipinski definition) is 6. The van der Waals surface area contributed by atoms with Crippen molar-refractivity contribution in [3.63, 3.8) is 0 Å². The lowest BCUT2D eigenvalue weighted by atomic mass is 10.0. The van der Waals surface area contributed by atoms with Crippen LogP contribution in [-0.4, -0.2) is 62.2 Å². The van der Waals surface area contributed by atoms with Crippen LogP contribution in [0.15, 0.2) is 41.3 Å². The van der Waals surface area contributed by atoms with Crippen LogP contribution in [0.4, 0.5) is 4.39 Å². The fraction of sp³-hybridized carbons (Fsp3) is 0.448. The fourth-order valence-corrected chi connectivity index (χ4v) is 5.03. The normalized spacial score (nSPS) is 14.7. The van der Waals surface area contributed by atoms with Crippen molar-refractivity contribution >= 4 is 22.8 Å². The van der Waals surface area contributed by atoms with E-state index in [1.807, 2.05) is 13.8 Å². The number of nitrogens with zero attached hydrogens (tertiary/aromatic N) is 3. The molecular weight excluding hydrogens is 503 g/mol. The highest BCUT2D eigenvalue weighted by molar-refractivity contribution is 6.01. The topological polar surface area (TPSA) is 125 Å². The summed E-state index contributed by atoms with van der Waals surface area (Å²) in [6, 6.07) is 7.19. The molecule has 1 atom stereocenters. The van der Waals surface area contributed by atoms with Crippen molar-refractivity contribution in [2.24, 2.45) is 5.92 Å². The molecule has 0 unspecified atom stereocenters. The Bertz CT molecular complexity index is 1400. The van der Waals surface area contributed by atoms with Crippen LogP contribution in [0.3, 0.4) is 0 Å². The molecule has 0 radical (unpaired) electrons. The number of likely N-dealkylation sites (tertiary alicyclic amines) is 1. The molecule has 1 aromatic carbocycles. The van der Waals surface area contributed by atoms with Gasteiger partial charge in [-0.1, -0.05) is 26.0 Å². The Labute approximate surface area is 226 Å². The fourth-order valence-electron chi connectivity index (χ4n) is 5.03. The van der Waals surface area contributed by atoms with Crippen LogP contribution in [0.5, 0.6) is 5.75 Å². The first-order valence-corrected chi connectivity index (χ1v) is 13.4. The van der Waals surface area contributed by atoms with Gasteiger partial charge in [0.05, 0.1) is 18.2 Å². The molecule has 4 rings (SSSR count). The monoisotopic (exact) mass is 538 g/mol. The summed E-state index contributed by atoms with van der Waals surface area (Å²) >= 11 is 0. The molecular formula is C29H35FN4O5. The van der Waals surface area contributed by atoms with Crippen molar-refractivity contribution in [2.45, 2.75) is 58.5 Å². The molecule has 3 heterocycles. The number of aromatic nitrogens is 2. The number of pyridine rings is 2. The first-order chi connectivity index (χ1) is 18.7. The zero-order valence-corrected chi connectivity index (χ0v) is 22.3. The summed E-state index contributed by atoms with van der Waals surface area (Å²) in [4.78, 5) is 45.4. The number of carbonyl (C=O) groups excluding carboxylic acids is 2. The van der Waals surface area contributed by atoms with Crippen molar-refractivity contribution in [1.82, 2.24) is 19.8 Å².